The van der Waals surface area contributed by atoms with Crippen molar-refractivity contribution in [3.05, 3.63) is 29.3 Å². The number of methoxy groups -OCH3 is 1. The van der Waals surface area contributed by atoms with Crippen LogP contribution in [-0.4, -0.2) is 39.2 Å². The van der Waals surface area contributed by atoms with Crippen molar-refractivity contribution in [2.24, 2.45) is 5.41 Å². The molecule has 0 bridgehead atoms. The summed E-state index contributed by atoms with van der Waals surface area (Å²) in [7, 11) is 5.99. The molecule has 0 unspecified atom stereocenters. The molecule has 2 rings (SSSR count). The molecule has 0 spiro atoms. The van der Waals surface area contributed by atoms with Crippen LogP contribution in [0.5, 0.6) is 5.75 Å². The lowest BCUT2D eigenvalue weighted by Gasteiger charge is -2.24. The fraction of sp³-hybridized carbons (Fsp3) is 0.625. The number of rotatable bonds is 7. The highest BCUT2D eigenvalue weighted by Crippen LogP contribution is 2.45. The summed E-state index contributed by atoms with van der Waals surface area (Å²) >= 11 is 0. The molecule has 0 aliphatic heterocycles. The normalized spacial score (nSPS) is 16.7. The van der Waals surface area contributed by atoms with E-state index in [0.717, 1.165) is 18.8 Å². The van der Waals surface area contributed by atoms with Crippen LogP contribution in [0.2, 0.25) is 0 Å². The standard InChI is InChI=1S/C16H26N2O/c1-13-9-14(5-6-15(13)19-4)10-18(3)12-16(7-8-16)11-17-2/h5-6,9,17H,7-8,10-12H2,1-4H3. The van der Waals surface area contributed by atoms with E-state index < -0.39 is 0 Å². The van der Waals surface area contributed by atoms with Gasteiger partial charge in [-0.2, -0.15) is 0 Å². The maximum Gasteiger partial charge on any atom is 0.121 e. The Morgan fingerprint density at radius 1 is 1.37 bits per heavy atom. The molecule has 19 heavy (non-hydrogen) atoms. The Balaban J connectivity index is 1.92. The third-order valence-corrected chi connectivity index (χ3v) is 4.03. The summed E-state index contributed by atoms with van der Waals surface area (Å²) in [6, 6.07) is 6.46. The summed E-state index contributed by atoms with van der Waals surface area (Å²) in [6.45, 7) is 5.43. The van der Waals surface area contributed by atoms with Crippen LogP contribution in [0, 0.1) is 12.3 Å². The van der Waals surface area contributed by atoms with Crippen molar-refractivity contribution in [3.8, 4) is 5.75 Å². The minimum atomic E-state index is 0.533. The quantitative estimate of drug-likeness (QED) is 0.817. The number of aryl methyl sites for hydroxylation is 1. The summed E-state index contributed by atoms with van der Waals surface area (Å²) in [4.78, 5) is 2.44. The number of nitrogens with zero attached hydrogens (tertiary/aromatic N) is 1. The smallest absolute Gasteiger partial charge is 0.121 e. The van der Waals surface area contributed by atoms with Crippen molar-refractivity contribution < 1.29 is 4.74 Å². The molecular formula is C16H26N2O. The van der Waals surface area contributed by atoms with E-state index in [1.165, 1.54) is 30.5 Å². The summed E-state index contributed by atoms with van der Waals surface area (Å²) in [5.41, 5.74) is 3.11. The Labute approximate surface area is 116 Å². The monoisotopic (exact) mass is 262 g/mol. The first-order chi connectivity index (χ1) is 9.08. The van der Waals surface area contributed by atoms with Crippen LogP contribution >= 0.6 is 0 Å². The number of nitrogens with one attached hydrogen (secondary N) is 1. The third-order valence-electron chi connectivity index (χ3n) is 4.03. The van der Waals surface area contributed by atoms with Gasteiger partial charge in [0.25, 0.3) is 0 Å². The largest absolute Gasteiger partial charge is 0.496 e. The van der Waals surface area contributed by atoms with Crippen molar-refractivity contribution in [2.45, 2.75) is 26.3 Å². The van der Waals surface area contributed by atoms with Crippen LogP contribution in [0.3, 0.4) is 0 Å². The van der Waals surface area contributed by atoms with E-state index >= 15 is 0 Å². The fourth-order valence-electron chi connectivity index (χ4n) is 2.92. The van der Waals surface area contributed by atoms with Crippen molar-refractivity contribution in [1.82, 2.24) is 10.2 Å². The Morgan fingerprint density at radius 3 is 2.63 bits per heavy atom. The first kappa shape index (κ1) is 14.4. The average Bonchev–Trinajstić information content (AvgIpc) is 3.09. The molecule has 1 aromatic carbocycles. The number of benzene rings is 1. The molecule has 106 valence electrons. The van der Waals surface area contributed by atoms with Crippen LogP contribution in [0.25, 0.3) is 0 Å². The zero-order chi connectivity index (χ0) is 13.9. The predicted molar refractivity (Wildman–Crippen MR) is 79.7 cm³/mol. The lowest BCUT2D eigenvalue weighted by atomic mass is 10.1. The Morgan fingerprint density at radius 2 is 2.11 bits per heavy atom. The molecule has 0 heterocycles. The average molecular weight is 262 g/mol. The van der Waals surface area contributed by atoms with E-state index in [0.29, 0.717) is 5.41 Å². The van der Waals surface area contributed by atoms with Crippen LogP contribution in [-0.2, 0) is 6.54 Å². The molecule has 0 radical (unpaired) electrons. The first-order valence-corrected chi connectivity index (χ1v) is 7.05. The molecule has 3 heteroatoms. The van der Waals surface area contributed by atoms with Crippen molar-refractivity contribution in [1.29, 1.82) is 0 Å². The van der Waals surface area contributed by atoms with Gasteiger partial charge in [0.2, 0.25) is 0 Å². The van der Waals surface area contributed by atoms with E-state index in [-0.39, 0.29) is 0 Å². The summed E-state index contributed by atoms with van der Waals surface area (Å²) in [6.07, 6.45) is 2.72. The summed E-state index contributed by atoms with van der Waals surface area (Å²) in [5, 5.41) is 3.32. The highest BCUT2D eigenvalue weighted by Gasteiger charge is 2.42. The Hall–Kier alpha value is -1.06. The predicted octanol–water partition coefficient (Wildman–Crippen LogP) is 2.44. The van der Waals surface area contributed by atoms with Crippen LogP contribution < -0.4 is 10.1 Å². The van der Waals surface area contributed by atoms with Gasteiger partial charge >= 0.3 is 0 Å². The van der Waals surface area contributed by atoms with Gasteiger partial charge in [-0.3, -0.25) is 0 Å². The van der Waals surface area contributed by atoms with Crippen molar-refractivity contribution >= 4 is 0 Å². The van der Waals surface area contributed by atoms with E-state index in [1.807, 2.05) is 7.05 Å². The highest BCUT2D eigenvalue weighted by molar-refractivity contribution is 5.36. The molecule has 1 aliphatic rings. The molecule has 0 atom stereocenters. The van der Waals surface area contributed by atoms with Gasteiger partial charge in [0, 0.05) is 19.6 Å². The van der Waals surface area contributed by atoms with Crippen LogP contribution in [0.4, 0.5) is 0 Å². The molecule has 1 aromatic rings. The van der Waals surface area contributed by atoms with Gasteiger partial charge in [0.05, 0.1) is 7.11 Å². The van der Waals surface area contributed by atoms with Crippen molar-refractivity contribution in [2.75, 3.05) is 34.3 Å². The lowest BCUT2D eigenvalue weighted by molar-refractivity contribution is 0.252. The van der Waals surface area contributed by atoms with Gasteiger partial charge in [-0.05, 0) is 56.5 Å². The molecule has 0 saturated heterocycles. The molecule has 1 N–H and O–H groups in total. The zero-order valence-electron chi connectivity index (χ0n) is 12.6. The number of hydrogen-bond donors (Lipinski definition) is 1. The SMILES string of the molecule is CNCC1(CN(C)Cc2ccc(OC)c(C)c2)CC1. The first-order valence-electron chi connectivity index (χ1n) is 7.05. The van der Waals surface area contributed by atoms with Gasteiger partial charge in [0.1, 0.15) is 5.75 Å². The Kier molecular flexibility index (Phi) is 4.48. The van der Waals surface area contributed by atoms with E-state index in [2.05, 4.69) is 42.4 Å². The highest BCUT2D eigenvalue weighted by atomic mass is 16.5. The Bertz CT molecular complexity index is 427. The molecular weight excluding hydrogens is 236 g/mol. The second-order valence-corrected chi connectivity index (χ2v) is 6.01. The minimum Gasteiger partial charge on any atom is -0.496 e. The van der Waals surface area contributed by atoms with Gasteiger partial charge in [-0.25, -0.2) is 0 Å². The van der Waals surface area contributed by atoms with Gasteiger partial charge in [-0.1, -0.05) is 12.1 Å². The van der Waals surface area contributed by atoms with Gasteiger partial charge in [-0.15, -0.1) is 0 Å². The van der Waals surface area contributed by atoms with Gasteiger partial charge < -0.3 is 15.0 Å². The molecule has 0 aromatic heterocycles. The maximum atomic E-state index is 5.31. The molecule has 1 saturated carbocycles. The van der Waals surface area contributed by atoms with Crippen LogP contribution in [0.1, 0.15) is 24.0 Å². The van der Waals surface area contributed by atoms with E-state index in [9.17, 15) is 0 Å². The molecule has 3 nitrogen and oxygen atoms in total. The van der Waals surface area contributed by atoms with E-state index in [1.54, 1.807) is 7.11 Å². The molecule has 1 aliphatic carbocycles. The second-order valence-electron chi connectivity index (χ2n) is 6.01. The topological polar surface area (TPSA) is 24.5 Å². The van der Waals surface area contributed by atoms with Crippen LogP contribution in [0.15, 0.2) is 18.2 Å². The third kappa shape index (κ3) is 3.71. The molecule has 0 amide bonds. The second kappa shape index (κ2) is 5.93. The maximum absolute atomic E-state index is 5.31. The minimum absolute atomic E-state index is 0.533. The molecule has 1 fully saturated rings. The summed E-state index contributed by atoms with van der Waals surface area (Å²) < 4.78 is 5.31. The number of hydrogen-bond acceptors (Lipinski definition) is 3. The van der Waals surface area contributed by atoms with E-state index in [4.69, 9.17) is 4.74 Å². The zero-order valence-corrected chi connectivity index (χ0v) is 12.6. The van der Waals surface area contributed by atoms with Gasteiger partial charge in [0.15, 0.2) is 0 Å². The van der Waals surface area contributed by atoms with Crippen molar-refractivity contribution in [3.63, 3.8) is 0 Å². The lowest BCUT2D eigenvalue weighted by Crippen LogP contribution is -2.32. The number of ether oxygens (including phenoxy) is 1. The fourth-order valence-corrected chi connectivity index (χ4v) is 2.92. The summed E-state index contributed by atoms with van der Waals surface area (Å²) in [5.74, 6) is 0.972.